The molecule has 1 heterocycles. The Kier molecular flexibility index (Phi) is 5.70. The van der Waals surface area contributed by atoms with Gasteiger partial charge in [0.25, 0.3) is 0 Å². The number of alkyl halides is 3. The van der Waals surface area contributed by atoms with Gasteiger partial charge in [-0.3, -0.25) is 4.90 Å². The molecule has 8 heteroatoms. The lowest BCUT2D eigenvalue weighted by atomic mass is 10.4. The summed E-state index contributed by atoms with van der Waals surface area (Å²) in [5.41, 5.74) is -5.65. The summed E-state index contributed by atoms with van der Waals surface area (Å²) in [5, 5.41) is 0. The quantitative estimate of drug-likeness (QED) is 0.576. The molecular formula is C8H12F3NO3S. The first-order valence-corrected chi connectivity index (χ1v) is 5.82. The second-order valence-electron chi connectivity index (χ2n) is 2.94. The summed E-state index contributed by atoms with van der Waals surface area (Å²) in [5.74, 6) is 0. The maximum atomic E-state index is 10.7. The van der Waals surface area contributed by atoms with Gasteiger partial charge < -0.3 is 4.55 Å². The van der Waals surface area contributed by atoms with Crippen LogP contribution in [0, 0.1) is 0 Å². The maximum absolute atomic E-state index is 10.7. The summed E-state index contributed by atoms with van der Waals surface area (Å²) in [6, 6.07) is 0. The van der Waals surface area contributed by atoms with Crippen LogP contribution in [-0.4, -0.2) is 25.0 Å². The highest BCUT2D eigenvalue weighted by Crippen LogP contribution is 2.20. The van der Waals surface area contributed by atoms with Crippen LogP contribution in [-0.2, 0) is 10.1 Å². The molecule has 0 saturated heterocycles. The number of nitrogens with one attached hydrogen (secondary N) is 1. The van der Waals surface area contributed by atoms with Gasteiger partial charge in [0, 0.05) is 0 Å². The first kappa shape index (κ1) is 15.1. The number of allylic oxidation sites excluding steroid dienone is 2. The zero-order valence-corrected chi connectivity index (χ0v) is 9.31. The van der Waals surface area contributed by atoms with Crippen molar-refractivity contribution in [1.29, 1.82) is 0 Å². The van der Waals surface area contributed by atoms with E-state index in [9.17, 15) is 13.2 Å². The molecule has 0 aliphatic carbocycles. The molecule has 0 radical (unpaired) electrons. The first-order chi connectivity index (χ1) is 7.18. The molecule has 0 spiro atoms. The van der Waals surface area contributed by atoms with Gasteiger partial charge in [-0.05, 0) is 18.6 Å². The Morgan fingerprint density at radius 3 is 1.88 bits per heavy atom. The van der Waals surface area contributed by atoms with Gasteiger partial charge in [-0.15, -0.1) is 0 Å². The van der Waals surface area contributed by atoms with E-state index in [1.54, 1.807) is 0 Å². The predicted octanol–water partition coefficient (Wildman–Crippen LogP) is 0.374. The molecule has 0 aromatic heterocycles. The number of hydrogen-bond donors (Lipinski definition) is 1. The van der Waals surface area contributed by atoms with Crippen molar-refractivity contribution >= 4 is 10.1 Å². The van der Waals surface area contributed by atoms with Crippen LogP contribution in [0.3, 0.4) is 0 Å². The molecular weight excluding hydrogens is 247 g/mol. The molecule has 0 unspecified atom stereocenters. The molecule has 0 aromatic rings. The molecule has 1 N–H and O–H groups in total. The van der Waals surface area contributed by atoms with E-state index in [2.05, 4.69) is 31.5 Å². The second kappa shape index (κ2) is 6.02. The molecule has 0 aromatic carbocycles. The van der Waals surface area contributed by atoms with Crippen LogP contribution < -0.4 is 4.90 Å². The Bertz CT molecular complexity index is 347. The van der Waals surface area contributed by atoms with Crippen molar-refractivity contribution < 1.29 is 31.0 Å². The molecule has 16 heavy (non-hydrogen) atoms. The van der Waals surface area contributed by atoms with Crippen LogP contribution >= 0.6 is 0 Å². The van der Waals surface area contributed by atoms with Crippen molar-refractivity contribution in [1.82, 2.24) is 0 Å². The van der Waals surface area contributed by atoms with Crippen molar-refractivity contribution in [3.05, 3.63) is 24.6 Å². The van der Waals surface area contributed by atoms with Gasteiger partial charge in [0.15, 0.2) is 10.1 Å². The molecule has 94 valence electrons. The zero-order chi connectivity index (χ0) is 12.8. The molecule has 0 fully saturated rings. The van der Waals surface area contributed by atoms with Crippen LogP contribution in [0.5, 0.6) is 0 Å². The van der Waals surface area contributed by atoms with Gasteiger partial charge >= 0.3 is 5.51 Å². The van der Waals surface area contributed by atoms with Crippen LogP contribution in [0.4, 0.5) is 13.2 Å². The first-order valence-electron chi connectivity index (χ1n) is 4.41. The van der Waals surface area contributed by atoms with E-state index in [-0.39, 0.29) is 0 Å². The summed E-state index contributed by atoms with van der Waals surface area (Å²) in [6.45, 7) is 3.43. The third-order valence-electron chi connectivity index (χ3n) is 1.55. The normalized spacial score (nSPS) is 16.1. The standard InChI is InChI=1S/C7H11N.CHF3O3S/c1-2-5-8-6-3-4-7-8;2-1(3,4)8(5,6)7/h3-4,6-7H,2,5H2,1H3;(H,5,6,7). The van der Waals surface area contributed by atoms with E-state index >= 15 is 0 Å². The van der Waals surface area contributed by atoms with E-state index < -0.39 is 15.6 Å². The lowest BCUT2D eigenvalue weighted by molar-refractivity contribution is -0.787. The average Bonchev–Trinajstić information content (AvgIpc) is 2.54. The van der Waals surface area contributed by atoms with E-state index in [1.165, 1.54) is 17.9 Å². The summed E-state index contributed by atoms with van der Waals surface area (Å²) >= 11 is 0. The molecule has 0 atom stereocenters. The van der Waals surface area contributed by atoms with E-state index in [0.717, 1.165) is 0 Å². The summed E-state index contributed by atoms with van der Waals surface area (Å²) in [6.07, 6.45) is 9.77. The smallest absolute Gasteiger partial charge is 0.485 e. The Morgan fingerprint density at radius 1 is 1.25 bits per heavy atom. The summed E-state index contributed by atoms with van der Waals surface area (Å²) in [7, 11) is -6.09. The number of rotatable bonds is 2. The van der Waals surface area contributed by atoms with Gasteiger partial charge in [0.05, 0.1) is 18.9 Å². The summed E-state index contributed by atoms with van der Waals surface area (Å²) < 4.78 is 58.9. The molecule has 0 amide bonds. The fraction of sp³-hybridized carbons (Fsp3) is 0.500. The van der Waals surface area contributed by atoms with Crippen LogP contribution in [0.25, 0.3) is 0 Å². The highest BCUT2D eigenvalue weighted by atomic mass is 32.2. The second-order valence-corrected chi connectivity index (χ2v) is 4.31. The lowest BCUT2D eigenvalue weighted by Gasteiger charge is -2.08. The fourth-order valence-electron chi connectivity index (χ4n) is 0.869. The van der Waals surface area contributed by atoms with Gasteiger partial charge in [0.1, 0.15) is 0 Å². The molecule has 1 aliphatic rings. The molecule has 1 aliphatic heterocycles. The number of quaternary nitrogens is 1. The lowest BCUT2D eigenvalue weighted by Crippen LogP contribution is -3.01. The van der Waals surface area contributed by atoms with Crippen molar-refractivity contribution in [2.24, 2.45) is 0 Å². The highest BCUT2D eigenvalue weighted by molar-refractivity contribution is 7.86. The molecule has 0 bridgehead atoms. The minimum Gasteiger partial charge on any atom is -0.741 e. The summed E-state index contributed by atoms with van der Waals surface area (Å²) in [4.78, 5) is 1.47. The molecule has 0 saturated carbocycles. The van der Waals surface area contributed by atoms with Crippen molar-refractivity contribution in [2.45, 2.75) is 18.9 Å². The van der Waals surface area contributed by atoms with Crippen molar-refractivity contribution in [2.75, 3.05) is 6.54 Å². The van der Waals surface area contributed by atoms with Crippen LogP contribution in [0.15, 0.2) is 24.6 Å². The largest absolute Gasteiger partial charge is 0.741 e. The minimum atomic E-state index is -6.09. The minimum absolute atomic E-state index is 1.23. The van der Waals surface area contributed by atoms with E-state index in [0.29, 0.717) is 0 Å². The Hall–Kier alpha value is -0.860. The van der Waals surface area contributed by atoms with Gasteiger partial charge in [0.2, 0.25) is 0 Å². The number of hydrogen-bond acceptors (Lipinski definition) is 3. The Balaban J connectivity index is 0.000000281. The van der Waals surface area contributed by atoms with Gasteiger partial charge in [-0.25, -0.2) is 8.42 Å². The number of halogens is 3. The van der Waals surface area contributed by atoms with E-state index in [4.69, 9.17) is 13.0 Å². The SMILES string of the molecule is CCC[NH+]1C=CC=C1.O=S(=O)([O-])C(F)(F)F. The third-order valence-corrected chi connectivity index (χ3v) is 2.12. The van der Waals surface area contributed by atoms with Gasteiger partial charge in [-0.1, -0.05) is 6.92 Å². The molecule has 4 nitrogen and oxygen atoms in total. The monoisotopic (exact) mass is 259 g/mol. The molecule has 1 rings (SSSR count). The van der Waals surface area contributed by atoms with Crippen LogP contribution in [0.2, 0.25) is 0 Å². The third kappa shape index (κ3) is 5.89. The van der Waals surface area contributed by atoms with Crippen molar-refractivity contribution in [3.63, 3.8) is 0 Å². The Morgan fingerprint density at radius 2 is 1.62 bits per heavy atom. The average molecular weight is 259 g/mol. The fourth-order valence-corrected chi connectivity index (χ4v) is 0.869. The van der Waals surface area contributed by atoms with Gasteiger partial charge in [-0.2, -0.15) is 13.2 Å². The Labute approximate surface area is 91.8 Å². The topological polar surface area (TPSA) is 61.6 Å². The maximum Gasteiger partial charge on any atom is 0.485 e. The van der Waals surface area contributed by atoms with E-state index in [1.807, 2.05) is 0 Å². The highest BCUT2D eigenvalue weighted by Gasteiger charge is 2.36. The van der Waals surface area contributed by atoms with Crippen LogP contribution in [0.1, 0.15) is 13.3 Å². The van der Waals surface area contributed by atoms with Crippen molar-refractivity contribution in [3.8, 4) is 0 Å². The predicted molar refractivity (Wildman–Crippen MR) is 50.2 cm³/mol. The zero-order valence-electron chi connectivity index (χ0n) is 8.49.